The SMILES string of the molecule is O=C1C[C@@H](CI)[C@@H]2CCCN12. The van der Waals surface area contributed by atoms with Gasteiger partial charge in [-0.1, -0.05) is 22.6 Å². The summed E-state index contributed by atoms with van der Waals surface area (Å²) in [6.45, 7) is 1.02. The summed E-state index contributed by atoms with van der Waals surface area (Å²) in [5, 5.41) is 0. The Bertz CT molecular complexity index is 183. The zero-order valence-electron chi connectivity index (χ0n) is 6.42. The first kappa shape index (κ1) is 7.83. The number of hydrogen-bond donors (Lipinski definition) is 0. The zero-order chi connectivity index (χ0) is 7.84. The van der Waals surface area contributed by atoms with Crippen molar-refractivity contribution in [3.05, 3.63) is 0 Å². The molecule has 0 aromatic rings. The number of halogens is 1. The highest BCUT2D eigenvalue weighted by molar-refractivity contribution is 14.1. The molecule has 2 aliphatic heterocycles. The minimum absolute atomic E-state index is 0.397. The molecule has 2 saturated heterocycles. The molecule has 0 bridgehead atoms. The van der Waals surface area contributed by atoms with E-state index < -0.39 is 0 Å². The minimum atomic E-state index is 0.397. The first-order chi connectivity index (χ1) is 5.33. The molecule has 2 fully saturated rings. The molecular formula is C8H12INO. The molecule has 0 aromatic carbocycles. The van der Waals surface area contributed by atoms with Crippen LogP contribution in [0, 0.1) is 5.92 Å². The molecule has 2 rings (SSSR count). The van der Waals surface area contributed by atoms with Gasteiger partial charge in [-0.3, -0.25) is 4.79 Å². The molecule has 2 heterocycles. The van der Waals surface area contributed by atoms with Crippen LogP contribution < -0.4 is 0 Å². The summed E-state index contributed by atoms with van der Waals surface area (Å²) in [6.07, 6.45) is 3.29. The van der Waals surface area contributed by atoms with Gasteiger partial charge in [-0.2, -0.15) is 0 Å². The summed E-state index contributed by atoms with van der Waals surface area (Å²) in [4.78, 5) is 13.4. The molecule has 2 nitrogen and oxygen atoms in total. The second kappa shape index (κ2) is 2.92. The van der Waals surface area contributed by atoms with Crippen LogP contribution in [-0.4, -0.2) is 27.8 Å². The molecule has 11 heavy (non-hydrogen) atoms. The van der Waals surface area contributed by atoms with Gasteiger partial charge in [0.05, 0.1) is 0 Å². The lowest BCUT2D eigenvalue weighted by Gasteiger charge is -2.17. The number of hydrogen-bond acceptors (Lipinski definition) is 1. The van der Waals surface area contributed by atoms with Crippen molar-refractivity contribution in [3.8, 4) is 0 Å². The molecule has 0 spiro atoms. The zero-order valence-corrected chi connectivity index (χ0v) is 8.58. The van der Waals surface area contributed by atoms with Crippen molar-refractivity contribution < 1.29 is 4.79 Å². The number of carbonyl (C=O) groups excluding carboxylic acids is 1. The Labute approximate surface area is 80.5 Å². The Morgan fingerprint density at radius 2 is 2.45 bits per heavy atom. The normalized spacial score (nSPS) is 36.5. The fraction of sp³-hybridized carbons (Fsp3) is 0.875. The second-order valence-electron chi connectivity index (χ2n) is 3.42. The summed E-state index contributed by atoms with van der Waals surface area (Å²) in [6, 6.07) is 0.611. The van der Waals surface area contributed by atoms with Crippen molar-refractivity contribution in [3.63, 3.8) is 0 Å². The minimum Gasteiger partial charge on any atom is -0.339 e. The lowest BCUT2D eigenvalue weighted by molar-refractivity contribution is -0.127. The predicted octanol–water partition coefficient (Wildman–Crippen LogP) is 1.43. The quantitative estimate of drug-likeness (QED) is 0.519. The van der Waals surface area contributed by atoms with Crippen LogP contribution in [0.5, 0.6) is 0 Å². The fourth-order valence-electron chi connectivity index (χ4n) is 2.23. The molecule has 2 aliphatic rings. The van der Waals surface area contributed by atoms with Gasteiger partial charge in [0.2, 0.25) is 5.91 Å². The Kier molecular flexibility index (Phi) is 2.08. The van der Waals surface area contributed by atoms with Crippen LogP contribution in [0.2, 0.25) is 0 Å². The van der Waals surface area contributed by atoms with Gasteiger partial charge >= 0.3 is 0 Å². The molecule has 0 aromatic heterocycles. The highest BCUT2D eigenvalue weighted by atomic mass is 127. The van der Waals surface area contributed by atoms with E-state index in [1.54, 1.807) is 0 Å². The van der Waals surface area contributed by atoms with Gasteiger partial charge in [0, 0.05) is 23.4 Å². The Morgan fingerprint density at radius 1 is 1.64 bits per heavy atom. The number of nitrogens with zero attached hydrogens (tertiary/aromatic N) is 1. The molecule has 0 aliphatic carbocycles. The standard InChI is InChI=1S/C8H12INO/c9-5-6-4-8(11)10-3-1-2-7(6)10/h6-7H,1-5H2/t6-,7-/m0/s1. The number of amides is 1. The molecule has 0 radical (unpaired) electrons. The molecule has 1 amide bonds. The van der Waals surface area contributed by atoms with Crippen LogP contribution in [0.15, 0.2) is 0 Å². The topological polar surface area (TPSA) is 20.3 Å². The molecule has 0 saturated carbocycles. The van der Waals surface area contributed by atoms with Gasteiger partial charge in [-0.25, -0.2) is 0 Å². The Balaban J connectivity index is 2.13. The first-order valence-electron chi connectivity index (χ1n) is 4.18. The average molecular weight is 265 g/mol. The monoisotopic (exact) mass is 265 g/mol. The van der Waals surface area contributed by atoms with Crippen LogP contribution in [0.1, 0.15) is 19.3 Å². The predicted molar refractivity (Wildman–Crippen MR) is 51.7 cm³/mol. The van der Waals surface area contributed by atoms with E-state index in [0.717, 1.165) is 17.4 Å². The van der Waals surface area contributed by atoms with Crippen LogP contribution in [0.3, 0.4) is 0 Å². The molecule has 3 heteroatoms. The summed E-state index contributed by atoms with van der Waals surface area (Å²) in [5.41, 5.74) is 0. The van der Waals surface area contributed by atoms with E-state index in [2.05, 4.69) is 27.5 Å². The van der Waals surface area contributed by atoms with Gasteiger partial charge < -0.3 is 4.90 Å². The van der Waals surface area contributed by atoms with Gasteiger partial charge in [-0.15, -0.1) is 0 Å². The summed E-state index contributed by atoms with van der Waals surface area (Å²) < 4.78 is 1.14. The van der Waals surface area contributed by atoms with E-state index >= 15 is 0 Å². The van der Waals surface area contributed by atoms with Crippen LogP contribution in [0.4, 0.5) is 0 Å². The fourth-order valence-corrected chi connectivity index (χ4v) is 3.13. The second-order valence-corrected chi connectivity index (χ2v) is 4.30. The van der Waals surface area contributed by atoms with Gasteiger partial charge in [0.1, 0.15) is 0 Å². The van der Waals surface area contributed by atoms with Crippen molar-refractivity contribution >= 4 is 28.5 Å². The Morgan fingerprint density at radius 3 is 3.18 bits per heavy atom. The van der Waals surface area contributed by atoms with E-state index in [1.807, 2.05) is 0 Å². The number of fused-ring (bicyclic) bond motifs is 1. The first-order valence-corrected chi connectivity index (χ1v) is 5.71. The highest BCUT2D eigenvalue weighted by Crippen LogP contribution is 2.34. The maximum Gasteiger partial charge on any atom is 0.223 e. The van der Waals surface area contributed by atoms with E-state index in [1.165, 1.54) is 12.8 Å². The lowest BCUT2D eigenvalue weighted by Crippen LogP contribution is -2.29. The maximum absolute atomic E-state index is 11.3. The van der Waals surface area contributed by atoms with E-state index in [0.29, 0.717) is 17.9 Å². The smallest absolute Gasteiger partial charge is 0.223 e. The average Bonchev–Trinajstić information content (AvgIpc) is 2.54. The Hall–Kier alpha value is 0.200. The third-order valence-corrected chi connectivity index (χ3v) is 3.93. The van der Waals surface area contributed by atoms with E-state index in [-0.39, 0.29) is 0 Å². The molecular weight excluding hydrogens is 253 g/mol. The summed E-state index contributed by atoms with van der Waals surface area (Å²) >= 11 is 2.40. The van der Waals surface area contributed by atoms with E-state index in [4.69, 9.17) is 0 Å². The molecule has 0 unspecified atom stereocenters. The molecule has 62 valence electrons. The van der Waals surface area contributed by atoms with Crippen molar-refractivity contribution in [2.75, 3.05) is 11.0 Å². The third kappa shape index (κ3) is 1.17. The van der Waals surface area contributed by atoms with Crippen molar-refractivity contribution in [1.29, 1.82) is 0 Å². The third-order valence-electron chi connectivity index (χ3n) is 2.80. The van der Waals surface area contributed by atoms with Crippen molar-refractivity contribution in [1.82, 2.24) is 4.90 Å². The highest BCUT2D eigenvalue weighted by Gasteiger charge is 2.41. The molecule has 2 atom stereocenters. The number of alkyl halides is 1. The lowest BCUT2D eigenvalue weighted by atomic mass is 10.0. The van der Waals surface area contributed by atoms with Gasteiger partial charge in [0.25, 0.3) is 0 Å². The summed E-state index contributed by atoms with van der Waals surface area (Å²) in [7, 11) is 0. The number of rotatable bonds is 1. The largest absolute Gasteiger partial charge is 0.339 e. The van der Waals surface area contributed by atoms with Crippen LogP contribution in [0.25, 0.3) is 0 Å². The van der Waals surface area contributed by atoms with Gasteiger partial charge in [-0.05, 0) is 18.8 Å². The summed E-state index contributed by atoms with van der Waals surface area (Å²) in [5.74, 6) is 1.06. The van der Waals surface area contributed by atoms with Crippen LogP contribution >= 0.6 is 22.6 Å². The molecule has 0 N–H and O–H groups in total. The van der Waals surface area contributed by atoms with E-state index in [9.17, 15) is 4.79 Å². The maximum atomic E-state index is 11.3. The number of carbonyl (C=O) groups is 1. The van der Waals surface area contributed by atoms with Crippen LogP contribution in [-0.2, 0) is 4.79 Å². The van der Waals surface area contributed by atoms with Gasteiger partial charge in [0.15, 0.2) is 0 Å². The van der Waals surface area contributed by atoms with Crippen molar-refractivity contribution in [2.24, 2.45) is 5.92 Å². The van der Waals surface area contributed by atoms with Crippen molar-refractivity contribution in [2.45, 2.75) is 25.3 Å².